The highest BCUT2D eigenvalue weighted by Gasteiger charge is 2.32. The standard InChI is InChI=1S/C29H41NO4/c1-4-5-6-7-8-9-10-11-15-18-27(31)30(23-24-19-21-26(33-2)22-20-24)28(29(32)34-3)25-16-13-12-14-17-25/h12-14,16-17,19-22,28H,4-11,15,18,23H2,1-3H3. The van der Waals surface area contributed by atoms with Gasteiger partial charge in [-0.3, -0.25) is 4.79 Å². The summed E-state index contributed by atoms with van der Waals surface area (Å²) >= 11 is 0. The number of nitrogens with zero attached hydrogens (tertiary/aromatic N) is 1. The van der Waals surface area contributed by atoms with Gasteiger partial charge < -0.3 is 14.4 Å². The minimum Gasteiger partial charge on any atom is -0.497 e. The van der Waals surface area contributed by atoms with Crippen LogP contribution >= 0.6 is 0 Å². The molecule has 0 aliphatic rings. The molecule has 0 bridgehead atoms. The molecule has 5 heteroatoms. The SMILES string of the molecule is CCCCCCCCCCCC(=O)N(Cc1ccc(OC)cc1)C(C(=O)OC)c1ccccc1. The molecule has 5 nitrogen and oxygen atoms in total. The van der Waals surface area contributed by atoms with Crippen molar-refractivity contribution >= 4 is 11.9 Å². The fraction of sp³-hybridized carbons (Fsp3) is 0.517. The lowest BCUT2D eigenvalue weighted by Gasteiger charge is -2.30. The van der Waals surface area contributed by atoms with E-state index in [1.165, 1.54) is 45.6 Å². The van der Waals surface area contributed by atoms with Gasteiger partial charge in [-0.1, -0.05) is 101 Å². The molecule has 2 rings (SSSR count). The molecule has 1 amide bonds. The Morgan fingerprint density at radius 1 is 0.794 bits per heavy atom. The molecule has 186 valence electrons. The Bertz CT molecular complexity index is 835. The van der Waals surface area contributed by atoms with Crippen LogP contribution in [0.15, 0.2) is 54.6 Å². The van der Waals surface area contributed by atoms with Gasteiger partial charge >= 0.3 is 5.97 Å². The second kappa shape index (κ2) is 15.9. The van der Waals surface area contributed by atoms with E-state index in [0.29, 0.717) is 13.0 Å². The fourth-order valence-corrected chi connectivity index (χ4v) is 4.17. The second-order valence-electron chi connectivity index (χ2n) is 8.78. The zero-order valence-electron chi connectivity index (χ0n) is 21.1. The Labute approximate surface area is 205 Å². The molecule has 0 aromatic heterocycles. The molecule has 0 radical (unpaired) electrons. The predicted octanol–water partition coefficient (Wildman–Crippen LogP) is 6.86. The van der Waals surface area contributed by atoms with Crippen molar-refractivity contribution in [3.05, 3.63) is 65.7 Å². The van der Waals surface area contributed by atoms with Crippen LogP contribution in [0.4, 0.5) is 0 Å². The fourth-order valence-electron chi connectivity index (χ4n) is 4.17. The van der Waals surface area contributed by atoms with Crippen molar-refractivity contribution in [1.29, 1.82) is 0 Å². The summed E-state index contributed by atoms with van der Waals surface area (Å²) in [5.41, 5.74) is 1.69. The Morgan fingerprint density at radius 2 is 1.38 bits per heavy atom. The smallest absolute Gasteiger partial charge is 0.333 e. The molecule has 2 aromatic rings. The molecule has 0 saturated carbocycles. The highest BCUT2D eigenvalue weighted by Crippen LogP contribution is 2.27. The molecule has 1 unspecified atom stereocenters. The number of amides is 1. The summed E-state index contributed by atoms with van der Waals surface area (Å²) in [7, 11) is 2.99. The lowest BCUT2D eigenvalue weighted by atomic mass is 10.0. The van der Waals surface area contributed by atoms with Crippen LogP contribution in [0, 0.1) is 0 Å². The van der Waals surface area contributed by atoms with Crippen molar-refractivity contribution in [3.63, 3.8) is 0 Å². The van der Waals surface area contributed by atoms with E-state index in [1.807, 2.05) is 54.6 Å². The normalized spacial score (nSPS) is 11.6. The Morgan fingerprint density at radius 3 is 1.94 bits per heavy atom. The van der Waals surface area contributed by atoms with Crippen molar-refractivity contribution in [1.82, 2.24) is 4.90 Å². The quantitative estimate of drug-likeness (QED) is 0.200. The van der Waals surface area contributed by atoms with Crippen LogP contribution in [0.3, 0.4) is 0 Å². The second-order valence-corrected chi connectivity index (χ2v) is 8.78. The monoisotopic (exact) mass is 467 g/mol. The van der Waals surface area contributed by atoms with Crippen molar-refractivity contribution in [2.24, 2.45) is 0 Å². The number of hydrogen-bond donors (Lipinski definition) is 0. The first-order valence-electron chi connectivity index (χ1n) is 12.7. The topological polar surface area (TPSA) is 55.8 Å². The van der Waals surface area contributed by atoms with E-state index in [9.17, 15) is 9.59 Å². The van der Waals surface area contributed by atoms with E-state index in [-0.39, 0.29) is 5.91 Å². The van der Waals surface area contributed by atoms with Gasteiger partial charge in [-0.05, 0) is 29.7 Å². The van der Waals surface area contributed by atoms with Crippen LogP contribution in [-0.2, 0) is 20.9 Å². The molecule has 34 heavy (non-hydrogen) atoms. The predicted molar refractivity (Wildman–Crippen MR) is 137 cm³/mol. The number of esters is 1. The zero-order valence-corrected chi connectivity index (χ0v) is 21.1. The van der Waals surface area contributed by atoms with Crippen LogP contribution in [-0.4, -0.2) is 31.0 Å². The molecular formula is C29H41NO4. The minimum absolute atomic E-state index is 0.0296. The van der Waals surface area contributed by atoms with Gasteiger partial charge in [0.05, 0.1) is 14.2 Å². The molecule has 0 aliphatic carbocycles. The summed E-state index contributed by atoms with van der Waals surface area (Å²) in [5, 5.41) is 0. The van der Waals surface area contributed by atoms with Gasteiger partial charge in [0, 0.05) is 13.0 Å². The Hall–Kier alpha value is -2.82. The molecule has 0 N–H and O–H groups in total. The van der Waals surface area contributed by atoms with E-state index in [0.717, 1.165) is 36.1 Å². The van der Waals surface area contributed by atoms with Gasteiger partial charge in [0.25, 0.3) is 0 Å². The molecule has 0 aliphatic heterocycles. The number of hydrogen-bond acceptors (Lipinski definition) is 4. The lowest BCUT2D eigenvalue weighted by molar-refractivity contribution is -0.154. The maximum Gasteiger partial charge on any atom is 0.333 e. The molecular weight excluding hydrogens is 426 g/mol. The van der Waals surface area contributed by atoms with E-state index < -0.39 is 12.0 Å². The highest BCUT2D eigenvalue weighted by atomic mass is 16.5. The summed E-state index contributed by atoms with van der Waals surface area (Å²) in [6.07, 6.45) is 11.2. The van der Waals surface area contributed by atoms with Gasteiger partial charge in [0.2, 0.25) is 5.91 Å². The summed E-state index contributed by atoms with van der Waals surface area (Å²) < 4.78 is 10.4. The highest BCUT2D eigenvalue weighted by molar-refractivity contribution is 5.85. The summed E-state index contributed by atoms with van der Waals surface area (Å²) in [6.45, 7) is 2.56. The molecule has 1 atom stereocenters. The molecule has 0 saturated heterocycles. The van der Waals surface area contributed by atoms with Gasteiger partial charge in [-0.2, -0.15) is 0 Å². The first kappa shape index (κ1) is 27.4. The number of unbranched alkanes of at least 4 members (excludes halogenated alkanes) is 8. The van der Waals surface area contributed by atoms with Gasteiger partial charge in [0.1, 0.15) is 5.75 Å². The third-order valence-electron chi connectivity index (χ3n) is 6.18. The molecule has 2 aromatic carbocycles. The average Bonchev–Trinajstić information content (AvgIpc) is 2.88. The van der Waals surface area contributed by atoms with Gasteiger partial charge in [-0.15, -0.1) is 0 Å². The molecule has 0 fully saturated rings. The van der Waals surface area contributed by atoms with Gasteiger partial charge in [0.15, 0.2) is 6.04 Å². The number of rotatable bonds is 16. The van der Waals surface area contributed by atoms with E-state index >= 15 is 0 Å². The summed E-state index contributed by atoms with van der Waals surface area (Å²) in [6, 6.07) is 16.2. The van der Waals surface area contributed by atoms with Crippen molar-refractivity contribution in [2.45, 2.75) is 83.7 Å². The Balaban J connectivity index is 2.06. The first-order valence-corrected chi connectivity index (χ1v) is 12.7. The maximum absolute atomic E-state index is 13.4. The van der Waals surface area contributed by atoms with Gasteiger partial charge in [-0.25, -0.2) is 4.79 Å². The average molecular weight is 468 g/mol. The van der Waals surface area contributed by atoms with Crippen molar-refractivity contribution < 1.29 is 19.1 Å². The molecule has 0 spiro atoms. The minimum atomic E-state index is -0.778. The van der Waals surface area contributed by atoms with Crippen LogP contribution in [0.25, 0.3) is 0 Å². The van der Waals surface area contributed by atoms with E-state index in [1.54, 1.807) is 12.0 Å². The first-order chi connectivity index (χ1) is 16.6. The largest absolute Gasteiger partial charge is 0.497 e. The van der Waals surface area contributed by atoms with Crippen LogP contribution in [0.2, 0.25) is 0 Å². The van der Waals surface area contributed by atoms with Crippen molar-refractivity contribution in [3.8, 4) is 5.75 Å². The number of carbonyl (C=O) groups excluding carboxylic acids is 2. The summed E-state index contributed by atoms with van der Waals surface area (Å²) in [5.74, 6) is 0.294. The number of carbonyl (C=O) groups is 2. The Kier molecular flexibility index (Phi) is 12.8. The van der Waals surface area contributed by atoms with E-state index in [2.05, 4.69) is 6.92 Å². The number of benzene rings is 2. The van der Waals surface area contributed by atoms with Crippen LogP contribution in [0.1, 0.15) is 88.3 Å². The number of methoxy groups -OCH3 is 2. The van der Waals surface area contributed by atoms with Crippen LogP contribution < -0.4 is 4.74 Å². The lowest BCUT2D eigenvalue weighted by Crippen LogP contribution is -2.39. The van der Waals surface area contributed by atoms with E-state index in [4.69, 9.17) is 9.47 Å². The van der Waals surface area contributed by atoms with Crippen molar-refractivity contribution in [2.75, 3.05) is 14.2 Å². The number of ether oxygens (including phenoxy) is 2. The third kappa shape index (κ3) is 9.20. The third-order valence-corrected chi connectivity index (χ3v) is 6.18. The maximum atomic E-state index is 13.4. The van der Waals surface area contributed by atoms with Crippen LogP contribution in [0.5, 0.6) is 5.75 Å². The summed E-state index contributed by atoms with van der Waals surface area (Å²) in [4.78, 5) is 27.9. The zero-order chi connectivity index (χ0) is 24.6. The molecule has 0 heterocycles.